The standard InChI is InChI=1S/C27H38N6O5S/c1-16(28-5)24(34)30-22(27(2,3)4)26(36)32-14-12-20-21(32)19(15-33(20)39(6,37)38)25(35)31-23-18-10-8-7-9-17(18)11-13-29-23/h7-11,13,16,19-22,28H,12,14-15H2,1-6H3,(H,30,34)(H,29,31,35). The monoisotopic (exact) mass is 558 g/mol. The van der Waals surface area contributed by atoms with Crippen LogP contribution in [-0.2, 0) is 24.4 Å². The summed E-state index contributed by atoms with van der Waals surface area (Å²) in [5, 5.41) is 10.3. The second kappa shape index (κ2) is 10.8. The van der Waals surface area contributed by atoms with Crippen LogP contribution < -0.4 is 16.0 Å². The Labute approximate surface area is 229 Å². The van der Waals surface area contributed by atoms with Crippen molar-refractivity contribution in [2.45, 2.75) is 58.3 Å². The van der Waals surface area contributed by atoms with Crippen molar-refractivity contribution in [3.8, 4) is 0 Å². The van der Waals surface area contributed by atoms with Crippen molar-refractivity contribution < 1.29 is 22.8 Å². The minimum Gasteiger partial charge on any atom is -0.342 e. The fourth-order valence-electron chi connectivity index (χ4n) is 5.55. The van der Waals surface area contributed by atoms with Gasteiger partial charge in [-0.15, -0.1) is 0 Å². The van der Waals surface area contributed by atoms with Crippen molar-refractivity contribution in [1.29, 1.82) is 0 Å². The predicted octanol–water partition coefficient (Wildman–Crippen LogP) is 1.17. The van der Waals surface area contributed by atoms with Crippen LogP contribution in [0.25, 0.3) is 10.8 Å². The first kappa shape index (κ1) is 28.9. The number of nitrogens with zero attached hydrogens (tertiary/aromatic N) is 3. The topological polar surface area (TPSA) is 141 Å². The quantitative estimate of drug-likeness (QED) is 0.463. The summed E-state index contributed by atoms with van der Waals surface area (Å²) in [5.74, 6) is -1.49. The van der Waals surface area contributed by atoms with Crippen molar-refractivity contribution in [1.82, 2.24) is 24.8 Å². The summed E-state index contributed by atoms with van der Waals surface area (Å²) in [6.07, 6.45) is 3.13. The number of amides is 3. The highest BCUT2D eigenvalue weighted by Gasteiger charge is 2.56. The average Bonchev–Trinajstić information content (AvgIpc) is 3.46. The molecule has 2 aliphatic heterocycles. The van der Waals surface area contributed by atoms with E-state index in [1.54, 1.807) is 25.1 Å². The molecular formula is C27H38N6O5S. The number of likely N-dealkylation sites (N-methyl/N-ethyl adjacent to an activating group) is 1. The largest absolute Gasteiger partial charge is 0.342 e. The van der Waals surface area contributed by atoms with E-state index in [9.17, 15) is 22.8 Å². The van der Waals surface area contributed by atoms with E-state index in [1.807, 2.05) is 51.1 Å². The van der Waals surface area contributed by atoms with Crippen molar-refractivity contribution in [2.24, 2.45) is 11.3 Å². The Morgan fingerprint density at radius 1 is 1.13 bits per heavy atom. The number of carbonyl (C=O) groups excluding carboxylic acids is 3. The van der Waals surface area contributed by atoms with Gasteiger partial charge in [0, 0.05) is 30.7 Å². The highest BCUT2D eigenvalue weighted by Crippen LogP contribution is 2.39. The van der Waals surface area contributed by atoms with E-state index >= 15 is 0 Å². The van der Waals surface area contributed by atoms with E-state index in [0.717, 1.165) is 17.0 Å². The first-order chi connectivity index (χ1) is 18.2. The summed E-state index contributed by atoms with van der Waals surface area (Å²) in [6, 6.07) is 6.77. The Kier molecular flexibility index (Phi) is 8.02. The van der Waals surface area contributed by atoms with Gasteiger partial charge in [-0.25, -0.2) is 13.4 Å². The molecule has 1 aromatic heterocycles. The summed E-state index contributed by atoms with van der Waals surface area (Å²) in [4.78, 5) is 46.4. The smallest absolute Gasteiger partial charge is 0.246 e. The van der Waals surface area contributed by atoms with E-state index in [-0.39, 0.29) is 24.9 Å². The molecule has 11 nitrogen and oxygen atoms in total. The highest BCUT2D eigenvalue weighted by molar-refractivity contribution is 7.88. The molecule has 3 heterocycles. The van der Waals surface area contributed by atoms with Gasteiger partial charge in [-0.2, -0.15) is 4.31 Å². The van der Waals surface area contributed by atoms with Gasteiger partial charge in [-0.05, 0) is 37.3 Å². The number of pyridine rings is 1. The van der Waals surface area contributed by atoms with Crippen LogP contribution in [-0.4, -0.2) is 90.9 Å². The maximum Gasteiger partial charge on any atom is 0.246 e. The number of nitrogens with one attached hydrogen (secondary N) is 3. The lowest BCUT2D eigenvalue weighted by molar-refractivity contribution is -0.141. The number of fused-ring (bicyclic) bond motifs is 2. The molecule has 12 heteroatoms. The van der Waals surface area contributed by atoms with E-state index in [4.69, 9.17) is 0 Å². The lowest BCUT2D eigenvalue weighted by atomic mass is 9.85. The van der Waals surface area contributed by atoms with Crippen LogP contribution in [0.1, 0.15) is 34.1 Å². The van der Waals surface area contributed by atoms with Gasteiger partial charge in [-0.3, -0.25) is 14.4 Å². The van der Waals surface area contributed by atoms with Crippen LogP contribution in [0.5, 0.6) is 0 Å². The van der Waals surface area contributed by atoms with Gasteiger partial charge in [0.2, 0.25) is 27.7 Å². The average molecular weight is 559 g/mol. The third-order valence-corrected chi connectivity index (χ3v) is 9.04. The van der Waals surface area contributed by atoms with Crippen molar-refractivity contribution in [2.75, 3.05) is 31.7 Å². The molecule has 5 unspecified atom stereocenters. The molecule has 2 saturated heterocycles. The maximum absolute atomic E-state index is 14.0. The van der Waals surface area contributed by atoms with Gasteiger partial charge in [0.15, 0.2) is 0 Å². The molecule has 5 atom stereocenters. The van der Waals surface area contributed by atoms with Crippen molar-refractivity contribution in [3.05, 3.63) is 36.5 Å². The number of benzene rings is 1. The molecule has 2 fully saturated rings. The van der Waals surface area contributed by atoms with E-state index < -0.39 is 51.4 Å². The van der Waals surface area contributed by atoms with Crippen molar-refractivity contribution >= 4 is 44.3 Å². The van der Waals surface area contributed by atoms with Crippen LogP contribution in [0.3, 0.4) is 0 Å². The molecule has 0 aliphatic carbocycles. The van der Waals surface area contributed by atoms with E-state index in [0.29, 0.717) is 12.2 Å². The first-order valence-corrected chi connectivity index (χ1v) is 15.0. The summed E-state index contributed by atoms with van der Waals surface area (Å²) in [7, 11) is -1.98. The van der Waals surface area contributed by atoms with Crippen LogP contribution in [0, 0.1) is 11.3 Å². The molecular weight excluding hydrogens is 520 g/mol. The SMILES string of the molecule is CNC(C)C(=O)NC(C(=O)N1CCC2C1C(C(=O)Nc1nccc3ccccc13)CN2S(C)(=O)=O)C(C)(C)C. The number of sulfonamides is 1. The minimum atomic E-state index is -3.64. The number of aromatic nitrogens is 1. The third-order valence-electron chi connectivity index (χ3n) is 7.77. The maximum atomic E-state index is 14.0. The Morgan fingerprint density at radius 2 is 1.82 bits per heavy atom. The second-order valence-corrected chi connectivity index (χ2v) is 13.4. The van der Waals surface area contributed by atoms with Crippen molar-refractivity contribution in [3.63, 3.8) is 0 Å². The molecule has 0 bridgehead atoms. The predicted molar refractivity (Wildman–Crippen MR) is 149 cm³/mol. The Hall–Kier alpha value is -3.09. The summed E-state index contributed by atoms with van der Waals surface area (Å²) in [6.45, 7) is 7.52. The summed E-state index contributed by atoms with van der Waals surface area (Å²) >= 11 is 0. The fourth-order valence-corrected chi connectivity index (χ4v) is 6.71. The van der Waals surface area contributed by atoms with Gasteiger partial charge < -0.3 is 20.9 Å². The number of rotatable bonds is 7. The molecule has 3 N–H and O–H groups in total. The molecule has 0 saturated carbocycles. The molecule has 39 heavy (non-hydrogen) atoms. The van der Waals surface area contributed by atoms with Crippen LogP contribution in [0.15, 0.2) is 36.5 Å². The fraction of sp³-hybridized carbons (Fsp3) is 0.556. The van der Waals surface area contributed by atoms with Gasteiger partial charge >= 0.3 is 0 Å². The number of likely N-dealkylation sites (tertiary alicyclic amines) is 1. The number of hydrogen-bond donors (Lipinski definition) is 3. The molecule has 212 valence electrons. The lowest BCUT2D eigenvalue weighted by Crippen LogP contribution is -2.59. The molecule has 2 aromatic rings. The Balaban J connectivity index is 1.66. The first-order valence-electron chi connectivity index (χ1n) is 13.1. The van der Waals surface area contributed by atoms with Crippen LogP contribution in [0.4, 0.5) is 5.82 Å². The molecule has 0 radical (unpaired) electrons. The highest BCUT2D eigenvalue weighted by atomic mass is 32.2. The Bertz CT molecular complexity index is 1370. The second-order valence-electron chi connectivity index (χ2n) is 11.5. The van der Waals surface area contributed by atoms with Gasteiger partial charge in [-0.1, -0.05) is 45.0 Å². The van der Waals surface area contributed by atoms with E-state index in [1.165, 1.54) is 4.31 Å². The minimum absolute atomic E-state index is 0.0438. The van der Waals surface area contributed by atoms with E-state index in [2.05, 4.69) is 20.9 Å². The van der Waals surface area contributed by atoms with Gasteiger partial charge in [0.25, 0.3) is 0 Å². The molecule has 4 rings (SSSR count). The molecule has 1 aromatic carbocycles. The molecule has 0 spiro atoms. The number of anilines is 1. The molecule has 3 amide bonds. The van der Waals surface area contributed by atoms with Crippen LogP contribution >= 0.6 is 0 Å². The van der Waals surface area contributed by atoms with Gasteiger partial charge in [0.05, 0.1) is 24.3 Å². The summed E-state index contributed by atoms with van der Waals surface area (Å²) in [5.41, 5.74) is -0.627. The Morgan fingerprint density at radius 3 is 2.46 bits per heavy atom. The zero-order chi connectivity index (χ0) is 28.7. The number of carbonyl (C=O) groups is 3. The van der Waals surface area contributed by atoms with Gasteiger partial charge in [0.1, 0.15) is 11.9 Å². The summed E-state index contributed by atoms with van der Waals surface area (Å²) < 4.78 is 26.8. The van der Waals surface area contributed by atoms with Crippen LogP contribution in [0.2, 0.25) is 0 Å². The zero-order valence-electron chi connectivity index (χ0n) is 23.3. The lowest BCUT2D eigenvalue weighted by Gasteiger charge is -2.37. The molecule has 2 aliphatic rings. The zero-order valence-corrected chi connectivity index (χ0v) is 24.1. The third kappa shape index (κ3) is 5.78. The normalized spacial score (nSPS) is 23.3. The number of hydrogen-bond acceptors (Lipinski definition) is 7.